The van der Waals surface area contributed by atoms with E-state index in [0.29, 0.717) is 0 Å². The van der Waals surface area contributed by atoms with Crippen molar-refractivity contribution in [1.29, 1.82) is 0 Å². The van der Waals surface area contributed by atoms with Gasteiger partial charge in [0, 0.05) is 17.7 Å². The van der Waals surface area contributed by atoms with Crippen LogP contribution in [0.1, 0.15) is 19.8 Å². The van der Waals surface area contributed by atoms with Crippen molar-refractivity contribution >= 4 is 22.9 Å². The number of rotatable bonds is 13. The quantitative estimate of drug-likeness (QED) is 0.0920. The van der Waals surface area contributed by atoms with Crippen LogP contribution in [0, 0.1) is 0 Å². The first-order chi connectivity index (χ1) is 24.5. The van der Waals surface area contributed by atoms with Gasteiger partial charge < -0.3 is 78.8 Å². The number of benzene rings is 2. The van der Waals surface area contributed by atoms with Crippen LogP contribution in [-0.4, -0.2) is 139 Å². The minimum absolute atomic E-state index is 0.125. The van der Waals surface area contributed by atoms with Crippen LogP contribution in [0.2, 0.25) is 0 Å². The Morgan fingerprint density at radius 1 is 1.04 bits per heavy atom. The van der Waals surface area contributed by atoms with E-state index >= 15 is 0 Å². The van der Waals surface area contributed by atoms with Crippen LogP contribution in [-0.2, 0) is 28.5 Å². The fourth-order valence-electron chi connectivity index (χ4n) is 5.67. The number of aliphatic carboxylic acids is 1. The van der Waals surface area contributed by atoms with Crippen LogP contribution >= 0.6 is 0 Å². The van der Waals surface area contributed by atoms with Gasteiger partial charge in [0.2, 0.25) is 17.5 Å². The summed E-state index contributed by atoms with van der Waals surface area (Å²) in [5, 5.41) is 92.5. The molecule has 2 fully saturated rings. The maximum absolute atomic E-state index is 14.1. The summed E-state index contributed by atoms with van der Waals surface area (Å²) >= 11 is 0. The number of aliphatic hydroxyl groups excluding tert-OH is 4. The van der Waals surface area contributed by atoms with Crippen molar-refractivity contribution in [2.75, 3.05) is 26.9 Å². The summed E-state index contributed by atoms with van der Waals surface area (Å²) in [4.78, 5) is 37.6. The summed E-state index contributed by atoms with van der Waals surface area (Å²) in [5.41, 5.74) is -5.16. The minimum atomic E-state index is -2.18. The van der Waals surface area contributed by atoms with E-state index in [2.05, 4.69) is 0 Å². The third-order valence-electron chi connectivity index (χ3n) is 8.49. The number of phenolic OH excluding ortho intramolecular Hbond substituents is 2. The number of fused-ring (bicyclic) bond motifs is 1. The molecule has 1 aromatic heterocycles. The number of carboxylic acids is 1. The first kappa shape index (κ1) is 38.7. The van der Waals surface area contributed by atoms with Gasteiger partial charge in [-0.3, -0.25) is 14.4 Å². The topological polar surface area (TPSA) is 302 Å². The molecule has 0 radical (unpaired) electrons. The molecule has 0 amide bonds. The first-order valence-electron chi connectivity index (χ1n) is 15.7. The average molecular weight is 739 g/mol. The van der Waals surface area contributed by atoms with Gasteiger partial charge in [-0.25, -0.2) is 0 Å². The predicted molar refractivity (Wildman–Crippen MR) is 170 cm³/mol. The molecular formula is C33H38O19. The lowest BCUT2D eigenvalue weighted by molar-refractivity contribution is -0.319. The number of esters is 1. The first-order valence-corrected chi connectivity index (χ1v) is 15.7. The standard InChI is InChI=1S/C33H38O19/c1-32(44,9-20(37)38)10-21(39)47-11-19-23(40)25(42)28(52-31-29(43)33(45,12-34)13-48-31)30(50-19)51-27-24(41)22-17(36)7-16(46-2)8-18(22)49-26(27)14-3-5-15(35)6-4-14/h3-8,19,23,25,28-31,34-36,40,42-45H,9-13H2,1-2H3,(H,37,38)/t19?,23-,25-,28?,29+,30-,31-,32?,33?/m0/s1. The third-order valence-corrected chi connectivity index (χ3v) is 8.49. The number of hydrogen-bond donors (Lipinski definition) is 9. The van der Waals surface area contributed by atoms with Crippen LogP contribution in [0.5, 0.6) is 23.0 Å². The number of aliphatic hydroxyl groups is 6. The molecule has 2 aromatic carbocycles. The van der Waals surface area contributed by atoms with Crippen LogP contribution < -0.4 is 14.9 Å². The highest BCUT2D eigenvalue weighted by atomic mass is 16.8. The van der Waals surface area contributed by atoms with E-state index in [9.17, 15) is 55.2 Å². The van der Waals surface area contributed by atoms with Gasteiger partial charge in [0.05, 0.1) is 38.8 Å². The summed E-state index contributed by atoms with van der Waals surface area (Å²) in [6, 6.07) is 7.71. The molecule has 2 saturated heterocycles. The molecular weight excluding hydrogens is 700 g/mol. The van der Waals surface area contributed by atoms with E-state index in [1.54, 1.807) is 0 Å². The van der Waals surface area contributed by atoms with Gasteiger partial charge >= 0.3 is 11.9 Å². The fourth-order valence-corrected chi connectivity index (χ4v) is 5.67. The van der Waals surface area contributed by atoms with E-state index in [4.69, 9.17) is 37.9 Å². The van der Waals surface area contributed by atoms with Gasteiger partial charge in [-0.15, -0.1) is 0 Å². The number of carbonyl (C=O) groups is 2. The lowest BCUT2D eigenvalue weighted by Gasteiger charge is -2.42. The summed E-state index contributed by atoms with van der Waals surface area (Å²) in [7, 11) is 1.32. The number of carbonyl (C=O) groups excluding carboxylic acids is 1. The molecule has 9 N–H and O–H groups in total. The van der Waals surface area contributed by atoms with Gasteiger partial charge in [0.15, 0.2) is 18.2 Å². The number of ether oxygens (including phenoxy) is 6. The highest BCUT2D eigenvalue weighted by Gasteiger charge is 2.54. The monoisotopic (exact) mass is 738 g/mol. The lowest BCUT2D eigenvalue weighted by Crippen LogP contribution is -2.62. The van der Waals surface area contributed by atoms with E-state index < -0.39 is 116 Å². The largest absolute Gasteiger partial charge is 0.508 e. The second-order valence-corrected chi connectivity index (χ2v) is 12.7. The van der Waals surface area contributed by atoms with Crippen LogP contribution in [0.15, 0.2) is 45.6 Å². The third kappa shape index (κ3) is 8.07. The maximum Gasteiger partial charge on any atom is 0.308 e. The number of carboxylic acid groups (broad SMARTS) is 1. The van der Waals surface area contributed by atoms with Crippen LogP contribution in [0.3, 0.4) is 0 Å². The van der Waals surface area contributed by atoms with Gasteiger partial charge in [0.1, 0.15) is 64.8 Å². The molecule has 9 atom stereocenters. The second kappa shape index (κ2) is 15.2. The van der Waals surface area contributed by atoms with E-state index in [1.807, 2.05) is 0 Å². The molecule has 0 spiro atoms. The van der Waals surface area contributed by atoms with Crippen molar-refractivity contribution < 1.29 is 88.4 Å². The van der Waals surface area contributed by atoms with E-state index in [1.165, 1.54) is 37.4 Å². The molecule has 2 aliphatic heterocycles. The Bertz CT molecular complexity index is 1820. The fraction of sp³-hybridized carbons (Fsp3) is 0.485. The molecule has 0 bridgehead atoms. The van der Waals surface area contributed by atoms with Crippen molar-refractivity contribution in [1.82, 2.24) is 0 Å². The molecule has 2 aliphatic rings. The molecule has 3 heterocycles. The van der Waals surface area contributed by atoms with Gasteiger partial charge in [-0.05, 0) is 31.2 Å². The molecule has 3 aromatic rings. The molecule has 0 aliphatic carbocycles. The zero-order chi connectivity index (χ0) is 38.1. The molecule has 0 saturated carbocycles. The average Bonchev–Trinajstić information content (AvgIpc) is 3.36. The predicted octanol–water partition coefficient (Wildman–Crippen LogP) is -1.31. The highest BCUT2D eigenvalue weighted by molar-refractivity contribution is 5.88. The Hall–Kier alpha value is -4.57. The smallest absolute Gasteiger partial charge is 0.308 e. The SMILES string of the molecule is COc1cc(O)c2c(=O)c(O[C@@H]3OC(COC(=O)CC(C)(O)CC(=O)O)[C@H](O)[C@H](O)C3O[C@@H]3OCC(O)(CO)[C@@H]3O)c(-c3ccc(O)cc3)oc2c1. The number of phenols is 2. The van der Waals surface area contributed by atoms with Crippen molar-refractivity contribution in [2.24, 2.45) is 0 Å². The summed E-state index contributed by atoms with van der Waals surface area (Å²) in [5.74, 6) is -4.02. The molecule has 5 rings (SSSR count). The molecule has 4 unspecified atom stereocenters. The molecule has 19 heteroatoms. The second-order valence-electron chi connectivity index (χ2n) is 12.7. The molecule has 284 valence electrons. The number of aromatic hydroxyl groups is 2. The van der Waals surface area contributed by atoms with Gasteiger partial charge in [-0.2, -0.15) is 0 Å². The van der Waals surface area contributed by atoms with E-state index in [-0.39, 0.29) is 33.8 Å². The Balaban J connectivity index is 1.54. The Morgan fingerprint density at radius 3 is 2.35 bits per heavy atom. The highest BCUT2D eigenvalue weighted by Crippen LogP contribution is 2.39. The summed E-state index contributed by atoms with van der Waals surface area (Å²) < 4.78 is 39.2. The Morgan fingerprint density at radius 2 is 1.73 bits per heavy atom. The zero-order valence-corrected chi connectivity index (χ0v) is 27.6. The maximum atomic E-state index is 14.1. The molecule has 52 heavy (non-hydrogen) atoms. The Kier molecular flexibility index (Phi) is 11.3. The van der Waals surface area contributed by atoms with Crippen LogP contribution in [0.4, 0.5) is 0 Å². The van der Waals surface area contributed by atoms with Crippen molar-refractivity contribution in [3.8, 4) is 34.3 Å². The minimum Gasteiger partial charge on any atom is -0.508 e. The summed E-state index contributed by atoms with van der Waals surface area (Å²) in [6.45, 7) is -1.28. The number of methoxy groups -OCH3 is 1. The number of hydrogen-bond acceptors (Lipinski definition) is 18. The molecule has 19 nitrogen and oxygen atoms in total. The Labute approximate surface area is 293 Å². The van der Waals surface area contributed by atoms with Crippen molar-refractivity contribution in [3.63, 3.8) is 0 Å². The van der Waals surface area contributed by atoms with E-state index in [0.717, 1.165) is 13.0 Å². The van der Waals surface area contributed by atoms with Crippen LogP contribution in [0.25, 0.3) is 22.3 Å². The van der Waals surface area contributed by atoms with Crippen molar-refractivity contribution in [2.45, 2.75) is 74.1 Å². The lowest BCUT2D eigenvalue weighted by atomic mass is 9.97. The zero-order valence-electron chi connectivity index (χ0n) is 27.6. The summed E-state index contributed by atoms with van der Waals surface area (Å²) in [6.07, 6.45) is -14.7. The normalized spacial score (nSPS) is 28.7. The van der Waals surface area contributed by atoms with Crippen molar-refractivity contribution in [3.05, 3.63) is 46.6 Å². The van der Waals surface area contributed by atoms with Gasteiger partial charge in [-0.1, -0.05) is 0 Å². The van der Waals surface area contributed by atoms with Gasteiger partial charge in [0.25, 0.3) is 0 Å².